The summed E-state index contributed by atoms with van der Waals surface area (Å²) in [6.45, 7) is 0.187. The summed E-state index contributed by atoms with van der Waals surface area (Å²) in [5.41, 5.74) is 0.500. The highest BCUT2D eigenvalue weighted by Gasteiger charge is 2.11. The monoisotopic (exact) mass is 335 g/mol. The van der Waals surface area contributed by atoms with E-state index in [4.69, 9.17) is 0 Å². The molecule has 0 saturated carbocycles. The van der Waals surface area contributed by atoms with E-state index in [0.717, 1.165) is 12.2 Å². The van der Waals surface area contributed by atoms with Gasteiger partial charge < -0.3 is 10.4 Å². The van der Waals surface area contributed by atoms with Gasteiger partial charge in [0.15, 0.2) is 0 Å². The van der Waals surface area contributed by atoms with Crippen molar-refractivity contribution in [1.82, 2.24) is 14.9 Å². The van der Waals surface area contributed by atoms with Gasteiger partial charge in [0, 0.05) is 13.0 Å². The first-order valence-corrected chi connectivity index (χ1v) is 8.88. The number of nitrogens with zero attached hydrogens (tertiary/aromatic N) is 2. The van der Waals surface area contributed by atoms with Crippen LogP contribution in [0.1, 0.15) is 12.8 Å². The Morgan fingerprint density at radius 3 is 2.96 bits per heavy atom. The maximum absolute atomic E-state index is 12.3. The minimum absolute atomic E-state index is 0.0796. The van der Waals surface area contributed by atoms with Crippen LogP contribution in [0, 0.1) is 0 Å². The first-order valence-electron chi connectivity index (χ1n) is 7.49. The summed E-state index contributed by atoms with van der Waals surface area (Å²) in [4.78, 5) is 28.5. The maximum Gasteiger partial charge on any atom is 0.261 e. The van der Waals surface area contributed by atoms with E-state index < -0.39 is 0 Å². The Morgan fingerprint density at radius 2 is 2.22 bits per heavy atom. The molecule has 0 aliphatic rings. The Balaban J connectivity index is 1.96. The van der Waals surface area contributed by atoms with E-state index in [1.54, 1.807) is 30.0 Å². The number of benzene rings is 1. The predicted molar refractivity (Wildman–Crippen MR) is 92.6 cm³/mol. The molecule has 0 bridgehead atoms. The zero-order valence-electron chi connectivity index (χ0n) is 13.1. The Kier molecular flexibility index (Phi) is 6.61. The third kappa shape index (κ3) is 4.80. The second-order valence-corrected chi connectivity index (χ2v) is 6.22. The van der Waals surface area contributed by atoms with Crippen LogP contribution < -0.4 is 10.9 Å². The number of carbonyl (C=O) groups is 1. The molecule has 124 valence electrons. The van der Waals surface area contributed by atoms with Gasteiger partial charge in [0.25, 0.3) is 5.56 Å². The molecule has 1 atom stereocenters. The first kappa shape index (κ1) is 17.5. The third-order valence-electron chi connectivity index (χ3n) is 3.57. The van der Waals surface area contributed by atoms with E-state index >= 15 is 0 Å². The van der Waals surface area contributed by atoms with Crippen LogP contribution in [0.3, 0.4) is 0 Å². The molecule has 6 nitrogen and oxygen atoms in total. The third-order valence-corrected chi connectivity index (χ3v) is 4.21. The fraction of sp³-hybridized carbons (Fsp3) is 0.438. The average molecular weight is 335 g/mol. The van der Waals surface area contributed by atoms with Gasteiger partial charge >= 0.3 is 0 Å². The number of nitrogens with one attached hydrogen (secondary N) is 1. The van der Waals surface area contributed by atoms with Crippen molar-refractivity contribution in [2.24, 2.45) is 0 Å². The van der Waals surface area contributed by atoms with Crippen molar-refractivity contribution in [3.8, 4) is 0 Å². The molecule has 1 aromatic heterocycles. The van der Waals surface area contributed by atoms with Gasteiger partial charge in [-0.05, 0) is 30.6 Å². The summed E-state index contributed by atoms with van der Waals surface area (Å²) >= 11 is 1.67. The van der Waals surface area contributed by atoms with Crippen LogP contribution in [0.5, 0.6) is 0 Å². The lowest BCUT2D eigenvalue weighted by atomic mass is 10.2. The highest BCUT2D eigenvalue weighted by Crippen LogP contribution is 2.05. The van der Waals surface area contributed by atoms with E-state index in [9.17, 15) is 14.7 Å². The summed E-state index contributed by atoms with van der Waals surface area (Å²) in [5.74, 6) is 0.699. The largest absolute Gasteiger partial charge is 0.394 e. The van der Waals surface area contributed by atoms with Crippen molar-refractivity contribution in [1.29, 1.82) is 0 Å². The smallest absolute Gasteiger partial charge is 0.261 e. The standard InChI is InChI=1S/C16H21N3O3S/c1-23-9-7-12(10-20)18-15(21)6-8-19-11-17-14-5-3-2-4-13(14)16(19)22/h2-5,11-12,20H,6-10H2,1H3,(H,18,21). The molecule has 0 saturated heterocycles. The number of aliphatic hydroxyl groups is 1. The average Bonchev–Trinajstić information content (AvgIpc) is 2.58. The number of aliphatic hydroxyl groups excluding tert-OH is 1. The summed E-state index contributed by atoms with van der Waals surface area (Å²) < 4.78 is 1.44. The normalized spacial score (nSPS) is 12.3. The van der Waals surface area contributed by atoms with Crippen molar-refractivity contribution in [2.75, 3.05) is 18.6 Å². The molecule has 7 heteroatoms. The van der Waals surface area contributed by atoms with Gasteiger partial charge in [0.1, 0.15) is 0 Å². The van der Waals surface area contributed by atoms with Crippen molar-refractivity contribution in [2.45, 2.75) is 25.4 Å². The van der Waals surface area contributed by atoms with Crippen molar-refractivity contribution < 1.29 is 9.90 Å². The van der Waals surface area contributed by atoms with Crippen molar-refractivity contribution in [3.05, 3.63) is 40.9 Å². The number of carbonyl (C=O) groups excluding carboxylic acids is 1. The number of aryl methyl sites for hydroxylation is 1. The molecular weight excluding hydrogens is 314 g/mol. The van der Waals surface area contributed by atoms with Crippen LogP contribution in [-0.2, 0) is 11.3 Å². The number of thioether (sulfide) groups is 1. The SMILES string of the molecule is CSCCC(CO)NC(=O)CCn1cnc2ccccc2c1=O. The van der Waals surface area contributed by atoms with E-state index in [1.165, 1.54) is 10.9 Å². The van der Waals surface area contributed by atoms with Gasteiger partial charge in [-0.25, -0.2) is 4.98 Å². The summed E-state index contributed by atoms with van der Waals surface area (Å²) in [6, 6.07) is 6.90. The van der Waals surface area contributed by atoms with E-state index in [-0.39, 0.29) is 37.1 Å². The van der Waals surface area contributed by atoms with Gasteiger partial charge in [0.2, 0.25) is 5.91 Å². The molecule has 2 N–H and O–H groups in total. The highest BCUT2D eigenvalue weighted by molar-refractivity contribution is 7.98. The molecule has 0 radical (unpaired) electrons. The van der Waals surface area contributed by atoms with Crippen LogP contribution in [-0.4, -0.2) is 45.2 Å². The number of amides is 1. The quantitative estimate of drug-likeness (QED) is 0.752. The molecule has 1 heterocycles. The lowest BCUT2D eigenvalue weighted by Crippen LogP contribution is -2.38. The molecule has 2 rings (SSSR count). The summed E-state index contributed by atoms with van der Waals surface area (Å²) in [5, 5.41) is 12.6. The maximum atomic E-state index is 12.3. The van der Waals surface area contributed by atoms with Crippen molar-refractivity contribution in [3.63, 3.8) is 0 Å². The Labute approximate surface area is 138 Å². The Morgan fingerprint density at radius 1 is 1.43 bits per heavy atom. The van der Waals surface area contributed by atoms with Crippen LogP contribution in [0.4, 0.5) is 0 Å². The van der Waals surface area contributed by atoms with Gasteiger partial charge in [0.05, 0.1) is 29.9 Å². The number of aromatic nitrogens is 2. The minimum Gasteiger partial charge on any atom is -0.394 e. The molecule has 23 heavy (non-hydrogen) atoms. The lowest BCUT2D eigenvalue weighted by Gasteiger charge is -2.16. The number of para-hydroxylation sites is 1. The van der Waals surface area contributed by atoms with Crippen molar-refractivity contribution >= 4 is 28.6 Å². The molecular formula is C16H21N3O3S. The van der Waals surface area contributed by atoms with E-state index in [1.807, 2.05) is 12.3 Å². The van der Waals surface area contributed by atoms with Crippen LogP contribution in [0.15, 0.2) is 35.4 Å². The summed E-state index contributed by atoms with van der Waals surface area (Å²) in [6.07, 6.45) is 4.35. The molecule has 2 aromatic rings. The number of hydrogen-bond acceptors (Lipinski definition) is 5. The lowest BCUT2D eigenvalue weighted by molar-refractivity contribution is -0.122. The highest BCUT2D eigenvalue weighted by atomic mass is 32.2. The second kappa shape index (κ2) is 8.69. The van der Waals surface area contributed by atoms with Crippen LogP contribution in [0.2, 0.25) is 0 Å². The fourth-order valence-corrected chi connectivity index (χ4v) is 2.78. The van der Waals surface area contributed by atoms with Gasteiger partial charge in [-0.1, -0.05) is 12.1 Å². The predicted octanol–water partition coefficient (Wildman–Crippen LogP) is 1.02. The van der Waals surface area contributed by atoms with Crippen LogP contribution >= 0.6 is 11.8 Å². The van der Waals surface area contributed by atoms with E-state index in [2.05, 4.69) is 10.3 Å². The zero-order chi connectivity index (χ0) is 16.7. The molecule has 0 spiro atoms. The molecule has 0 aliphatic carbocycles. The van der Waals surface area contributed by atoms with Gasteiger partial charge in [-0.2, -0.15) is 11.8 Å². The second-order valence-electron chi connectivity index (χ2n) is 5.24. The molecule has 0 fully saturated rings. The molecule has 1 unspecified atom stereocenters. The Bertz CT molecular complexity index is 717. The molecule has 1 aromatic carbocycles. The summed E-state index contributed by atoms with van der Waals surface area (Å²) in [7, 11) is 0. The molecule has 0 aliphatic heterocycles. The fourth-order valence-electron chi connectivity index (χ4n) is 2.26. The topological polar surface area (TPSA) is 84.2 Å². The number of hydrogen-bond donors (Lipinski definition) is 2. The number of fused-ring (bicyclic) bond motifs is 1. The Hall–Kier alpha value is -1.86. The van der Waals surface area contributed by atoms with E-state index in [0.29, 0.717) is 10.9 Å². The zero-order valence-corrected chi connectivity index (χ0v) is 13.9. The number of rotatable bonds is 8. The molecule has 1 amide bonds. The van der Waals surface area contributed by atoms with Crippen LogP contribution in [0.25, 0.3) is 10.9 Å². The minimum atomic E-state index is -0.235. The van der Waals surface area contributed by atoms with Gasteiger partial charge in [-0.15, -0.1) is 0 Å². The van der Waals surface area contributed by atoms with Gasteiger partial charge in [-0.3, -0.25) is 14.2 Å². The first-order chi connectivity index (χ1) is 11.2.